The van der Waals surface area contributed by atoms with Crippen LogP contribution in [-0.2, 0) is 6.54 Å². The van der Waals surface area contributed by atoms with Gasteiger partial charge in [-0.1, -0.05) is 46.1 Å². The summed E-state index contributed by atoms with van der Waals surface area (Å²) in [5, 5.41) is 3.43. The third kappa shape index (κ3) is 6.53. The summed E-state index contributed by atoms with van der Waals surface area (Å²) in [5.41, 5.74) is 1.30. The zero-order valence-electron chi connectivity index (χ0n) is 12.2. The SMILES string of the molecule is CCCCCC(C)(C)CNCc1ccc(Br)c(F)c1. The van der Waals surface area contributed by atoms with E-state index in [0.29, 0.717) is 9.89 Å². The van der Waals surface area contributed by atoms with Crippen LogP contribution in [0.4, 0.5) is 4.39 Å². The summed E-state index contributed by atoms with van der Waals surface area (Å²) in [6.07, 6.45) is 5.10. The lowest BCUT2D eigenvalue weighted by Crippen LogP contribution is -2.29. The quantitative estimate of drug-likeness (QED) is 0.639. The third-order valence-corrected chi connectivity index (χ3v) is 4.02. The van der Waals surface area contributed by atoms with Crippen molar-refractivity contribution >= 4 is 15.9 Å². The zero-order chi connectivity index (χ0) is 14.3. The first-order chi connectivity index (χ1) is 8.94. The molecule has 0 atom stereocenters. The second-order valence-electron chi connectivity index (χ2n) is 5.97. The Morgan fingerprint density at radius 1 is 1.26 bits per heavy atom. The van der Waals surface area contributed by atoms with Crippen molar-refractivity contribution < 1.29 is 4.39 Å². The highest BCUT2D eigenvalue weighted by atomic mass is 79.9. The van der Waals surface area contributed by atoms with Crippen LogP contribution in [-0.4, -0.2) is 6.54 Å². The number of benzene rings is 1. The second kappa shape index (κ2) is 8.01. The highest BCUT2D eigenvalue weighted by molar-refractivity contribution is 9.10. The number of halogens is 2. The Labute approximate surface area is 125 Å². The smallest absolute Gasteiger partial charge is 0.137 e. The van der Waals surface area contributed by atoms with Crippen molar-refractivity contribution in [3.05, 3.63) is 34.1 Å². The Morgan fingerprint density at radius 2 is 2.00 bits per heavy atom. The Bertz CT molecular complexity index is 390. The molecular weight excluding hydrogens is 305 g/mol. The number of rotatable bonds is 8. The molecule has 108 valence electrons. The van der Waals surface area contributed by atoms with Crippen LogP contribution in [0, 0.1) is 11.2 Å². The maximum Gasteiger partial charge on any atom is 0.137 e. The monoisotopic (exact) mass is 329 g/mol. The van der Waals surface area contributed by atoms with E-state index in [9.17, 15) is 4.39 Å². The van der Waals surface area contributed by atoms with Crippen molar-refractivity contribution in [1.82, 2.24) is 5.32 Å². The van der Waals surface area contributed by atoms with Gasteiger partial charge in [0.2, 0.25) is 0 Å². The van der Waals surface area contributed by atoms with Gasteiger partial charge in [0.25, 0.3) is 0 Å². The van der Waals surface area contributed by atoms with Crippen LogP contribution >= 0.6 is 15.9 Å². The predicted molar refractivity (Wildman–Crippen MR) is 83.7 cm³/mol. The topological polar surface area (TPSA) is 12.0 Å². The van der Waals surface area contributed by atoms with Crippen molar-refractivity contribution in [2.45, 2.75) is 53.0 Å². The standard InChI is InChI=1S/C16H25BrFN/c1-4-5-6-9-16(2,3)12-19-11-13-7-8-14(17)15(18)10-13/h7-8,10,19H,4-6,9,11-12H2,1-3H3. The van der Waals surface area contributed by atoms with E-state index in [2.05, 4.69) is 42.0 Å². The molecule has 0 saturated carbocycles. The second-order valence-corrected chi connectivity index (χ2v) is 6.83. The normalized spacial score (nSPS) is 11.8. The molecule has 0 unspecified atom stereocenters. The molecule has 0 amide bonds. The number of unbranched alkanes of at least 4 members (excludes halogenated alkanes) is 2. The molecule has 0 aliphatic carbocycles. The van der Waals surface area contributed by atoms with E-state index in [1.165, 1.54) is 25.7 Å². The van der Waals surface area contributed by atoms with Crippen molar-refractivity contribution in [2.75, 3.05) is 6.54 Å². The van der Waals surface area contributed by atoms with Gasteiger partial charge in [-0.25, -0.2) is 4.39 Å². The molecule has 1 nitrogen and oxygen atoms in total. The fourth-order valence-corrected chi connectivity index (χ4v) is 2.38. The molecule has 0 spiro atoms. The van der Waals surface area contributed by atoms with Crippen LogP contribution in [0.25, 0.3) is 0 Å². The number of hydrogen-bond acceptors (Lipinski definition) is 1. The van der Waals surface area contributed by atoms with Gasteiger partial charge in [-0.05, 0) is 45.5 Å². The van der Waals surface area contributed by atoms with E-state index in [0.717, 1.165) is 18.7 Å². The first-order valence-corrected chi connectivity index (χ1v) is 7.88. The highest BCUT2D eigenvalue weighted by Gasteiger charge is 2.16. The minimum atomic E-state index is -0.193. The maximum atomic E-state index is 13.4. The van der Waals surface area contributed by atoms with E-state index in [-0.39, 0.29) is 5.82 Å². The Morgan fingerprint density at radius 3 is 2.63 bits per heavy atom. The van der Waals surface area contributed by atoms with Crippen LogP contribution in [0.5, 0.6) is 0 Å². The molecule has 0 aromatic heterocycles. The molecule has 0 bridgehead atoms. The average Bonchev–Trinajstić information content (AvgIpc) is 2.34. The van der Waals surface area contributed by atoms with Crippen molar-refractivity contribution in [2.24, 2.45) is 5.41 Å². The summed E-state index contributed by atoms with van der Waals surface area (Å²) >= 11 is 3.17. The third-order valence-electron chi connectivity index (χ3n) is 3.37. The molecule has 0 radical (unpaired) electrons. The fraction of sp³-hybridized carbons (Fsp3) is 0.625. The molecule has 0 heterocycles. The van der Waals surface area contributed by atoms with Gasteiger partial charge in [-0.2, -0.15) is 0 Å². The molecule has 0 aliphatic heterocycles. The van der Waals surface area contributed by atoms with Gasteiger partial charge in [0, 0.05) is 13.1 Å². The largest absolute Gasteiger partial charge is 0.312 e. The molecule has 0 aliphatic rings. The Hall–Kier alpha value is -0.410. The number of hydrogen-bond donors (Lipinski definition) is 1. The van der Waals surface area contributed by atoms with Gasteiger partial charge in [0.1, 0.15) is 5.82 Å². The highest BCUT2D eigenvalue weighted by Crippen LogP contribution is 2.23. The van der Waals surface area contributed by atoms with E-state index in [1.54, 1.807) is 12.1 Å². The summed E-state index contributed by atoms with van der Waals surface area (Å²) in [6, 6.07) is 5.30. The summed E-state index contributed by atoms with van der Waals surface area (Å²) in [4.78, 5) is 0. The van der Waals surface area contributed by atoms with Gasteiger partial charge in [-0.15, -0.1) is 0 Å². The van der Waals surface area contributed by atoms with Crippen molar-refractivity contribution in [1.29, 1.82) is 0 Å². The van der Waals surface area contributed by atoms with Gasteiger partial charge >= 0.3 is 0 Å². The van der Waals surface area contributed by atoms with Crippen LogP contribution in [0.15, 0.2) is 22.7 Å². The van der Waals surface area contributed by atoms with Crippen LogP contribution < -0.4 is 5.32 Å². The summed E-state index contributed by atoms with van der Waals surface area (Å²) in [6.45, 7) is 8.50. The number of nitrogens with one attached hydrogen (secondary N) is 1. The lowest BCUT2D eigenvalue weighted by atomic mass is 9.87. The Balaban J connectivity index is 2.34. The summed E-state index contributed by atoms with van der Waals surface area (Å²) < 4.78 is 13.9. The molecule has 1 rings (SSSR count). The molecule has 3 heteroatoms. The lowest BCUT2D eigenvalue weighted by Gasteiger charge is -2.25. The Kier molecular flexibility index (Phi) is 7.01. The van der Waals surface area contributed by atoms with Gasteiger partial charge in [0.05, 0.1) is 4.47 Å². The van der Waals surface area contributed by atoms with E-state index < -0.39 is 0 Å². The fourth-order valence-electron chi connectivity index (χ4n) is 2.14. The van der Waals surface area contributed by atoms with Crippen LogP contribution in [0.3, 0.4) is 0 Å². The lowest BCUT2D eigenvalue weighted by molar-refractivity contribution is 0.302. The maximum absolute atomic E-state index is 13.4. The molecule has 1 aromatic carbocycles. The predicted octanol–water partition coefficient (Wildman–Crippen LogP) is 5.28. The first-order valence-electron chi connectivity index (χ1n) is 7.09. The molecule has 1 aromatic rings. The van der Waals surface area contributed by atoms with Crippen molar-refractivity contribution in [3.63, 3.8) is 0 Å². The first kappa shape index (κ1) is 16.6. The van der Waals surface area contributed by atoms with Gasteiger partial charge in [0.15, 0.2) is 0 Å². The van der Waals surface area contributed by atoms with Crippen LogP contribution in [0.1, 0.15) is 52.0 Å². The van der Waals surface area contributed by atoms with Crippen LogP contribution in [0.2, 0.25) is 0 Å². The summed E-state index contributed by atoms with van der Waals surface area (Å²) in [7, 11) is 0. The van der Waals surface area contributed by atoms with Crippen molar-refractivity contribution in [3.8, 4) is 0 Å². The molecular formula is C16H25BrFN. The van der Waals surface area contributed by atoms with E-state index in [1.807, 2.05) is 6.07 Å². The van der Waals surface area contributed by atoms with E-state index >= 15 is 0 Å². The zero-order valence-corrected chi connectivity index (χ0v) is 13.8. The van der Waals surface area contributed by atoms with E-state index in [4.69, 9.17) is 0 Å². The summed E-state index contributed by atoms with van der Waals surface area (Å²) in [5.74, 6) is -0.193. The minimum absolute atomic E-state index is 0.193. The average molecular weight is 330 g/mol. The molecule has 1 N–H and O–H groups in total. The molecule has 0 saturated heterocycles. The minimum Gasteiger partial charge on any atom is -0.312 e. The van der Waals surface area contributed by atoms with Gasteiger partial charge in [-0.3, -0.25) is 0 Å². The molecule has 0 fully saturated rings. The van der Waals surface area contributed by atoms with Gasteiger partial charge < -0.3 is 5.32 Å². The molecule has 19 heavy (non-hydrogen) atoms.